The van der Waals surface area contributed by atoms with Crippen LogP contribution in [0.2, 0.25) is 0 Å². The Morgan fingerprint density at radius 2 is 2.31 bits per heavy atom. The van der Waals surface area contributed by atoms with Crippen molar-refractivity contribution in [1.29, 1.82) is 5.26 Å². The average molecular weight is 177 g/mol. The van der Waals surface area contributed by atoms with E-state index in [0.29, 0.717) is 19.3 Å². The van der Waals surface area contributed by atoms with Crippen molar-refractivity contribution in [2.45, 2.75) is 39.0 Å². The van der Waals surface area contributed by atoms with Crippen LogP contribution in [0.4, 0.5) is 0 Å². The lowest BCUT2D eigenvalue weighted by Crippen LogP contribution is -2.11. The van der Waals surface area contributed by atoms with E-state index in [1.807, 2.05) is 13.0 Å². The number of unbranched alkanes of at least 4 members (excludes halogenated alkanes) is 1. The molecule has 0 aliphatic carbocycles. The summed E-state index contributed by atoms with van der Waals surface area (Å²) in [4.78, 5) is 11.3. The van der Waals surface area contributed by atoms with E-state index < -0.39 is 5.92 Å². The van der Waals surface area contributed by atoms with Gasteiger partial charge in [-0.1, -0.05) is 6.92 Å². The molecule has 2 nitrogen and oxygen atoms in total. The number of Topliss-reactive ketones (excluding diaryl/α,β-unsaturated/α-hetero) is 1. The van der Waals surface area contributed by atoms with Crippen molar-refractivity contribution >= 4 is 5.78 Å². The van der Waals surface area contributed by atoms with E-state index in [1.165, 1.54) is 0 Å². The first-order valence-corrected chi connectivity index (χ1v) is 4.62. The summed E-state index contributed by atoms with van der Waals surface area (Å²) in [6, 6.07) is 2.03. The Labute approximate surface area is 79.9 Å². The third kappa shape index (κ3) is 5.04. The van der Waals surface area contributed by atoms with Gasteiger partial charge in [-0.3, -0.25) is 4.79 Å². The fourth-order valence-corrected chi connectivity index (χ4v) is 1.13. The molecule has 1 atom stereocenters. The molecule has 0 aromatic rings. The van der Waals surface area contributed by atoms with E-state index in [0.717, 1.165) is 12.8 Å². The van der Waals surface area contributed by atoms with Crippen LogP contribution in [-0.4, -0.2) is 5.78 Å². The van der Waals surface area contributed by atoms with E-state index in [2.05, 4.69) is 5.92 Å². The van der Waals surface area contributed by atoms with Crippen molar-refractivity contribution in [2.75, 3.05) is 0 Å². The zero-order valence-corrected chi connectivity index (χ0v) is 8.05. The molecule has 0 amide bonds. The highest BCUT2D eigenvalue weighted by Gasteiger charge is 2.15. The van der Waals surface area contributed by atoms with Gasteiger partial charge in [0, 0.05) is 12.8 Å². The minimum atomic E-state index is -0.437. The van der Waals surface area contributed by atoms with Gasteiger partial charge < -0.3 is 0 Å². The monoisotopic (exact) mass is 177 g/mol. The predicted molar refractivity (Wildman–Crippen MR) is 51.7 cm³/mol. The Morgan fingerprint density at radius 1 is 1.62 bits per heavy atom. The van der Waals surface area contributed by atoms with Crippen molar-refractivity contribution in [3.63, 3.8) is 0 Å². The molecule has 0 aromatic carbocycles. The number of carbonyl (C=O) groups excluding carboxylic acids is 1. The van der Waals surface area contributed by atoms with Crippen LogP contribution in [0.3, 0.4) is 0 Å². The van der Waals surface area contributed by atoms with E-state index in [4.69, 9.17) is 11.7 Å². The Morgan fingerprint density at radius 3 is 2.77 bits per heavy atom. The quantitative estimate of drug-likeness (QED) is 0.461. The molecule has 0 aliphatic heterocycles. The molecule has 0 rings (SSSR count). The van der Waals surface area contributed by atoms with Gasteiger partial charge in [0.25, 0.3) is 0 Å². The highest BCUT2D eigenvalue weighted by atomic mass is 16.1. The minimum absolute atomic E-state index is 0.0574. The van der Waals surface area contributed by atoms with Crippen LogP contribution >= 0.6 is 0 Å². The van der Waals surface area contributed by atoms with Gasteiger partial charge in [-0.25, -0.2) is 0 Å². The molecule has 0 aliphatic rings. The van der Waals surface area contributed by atoms with Gasteiger partial charge in [0.15, 0.2) is 0 Å². The number of nitriles is 1. The fraction of sp³-hybridized carbons (Fsp3) is 0.636. The summed E-state index contributed by atoms with van der Waals surface area (Å²) in [5.41, 5.74) is 0. The Hall–Kier alpha value is -1.28. The normalized spacial score (nSPS) is 11.3. The summed E-state index contributed by atoms with van der Waals surface area (Å²) in [5.74, 6) is 2.12. The Bertz CT molecular complexity index is 231. The summed E-state index contributed by atoms with van der Waals surface area (Å²) in [6.45, 7) is 1.94. The third-order valence-electron chi connectivity index (χ3n) is 1.85. The molecule has 0 saturated heterocycles. The lowest BCUT2D eigenvalue weighted by Gasteiger charge is -2.04. The summed E-state index contributed by atoms with van der Waals surface area (Å²) in [6.07, 6.45) is 8.42. The van der Waals surface area contributed by atoms with Crippen LogP contribution in [-0.2, 0) is 4.79 Å². The van der Waals surface area contributed by atoms with Gasteiger partial charge in [-0.05, 0) is 19.3 Å². The standard InChI is InChI=1S/C11H15NO/c1-3-5-6-8-10(9-12)11(13)7-4-2/h1,10H,4-8H2,2H3. The molecule has 0 heterocycles. The van der Waals surface area contributed by atoms with Gasteiger partial charge in [0.05, 0.1) is 6.07 Å². The predicted octanol–water partition coefficient (Wildman–Crippen LogP) is 2.30. The molecule has 70 valence electrons. The summed E-state index contributed by atoms with van der Waals surface area (Å²) in [7, 11) is 0. The van der Waals surface area contributed by atoms with Crippen LogP contribution in [0.15, 0.2) is 0 Å². The smallest absolute Gasteiger partial charge is 0.149 e. The maximum Gasteiger partial charge on any atom is 0.149 e. The van der Waals surface area contributed by atoms with Crippen LogP contribution in [0.1, 0.15) is 39.0 Å². The number of hydrogen-bond donors (Lipinski definition) is 0. The van der Waals surface area contributed by atoms with Crippen molar-refractivity contribution in [2.24, 2.45) is 5.92 Å². The van der Waals surface area contributed by atoms with Crippen molar-refractivity contribution in [1.82, 2.24) is 0 Å². The lowest BCUT2D eigenvalue weighted by atomic mass is 9.96. The molecule has 0 N–H and O–H groups in total. The van der Waals surface area contributed by atoms with Crippen molar-refractivity contribution < 1.29 is 4.79 Å². The van der Waals surface area contributed by atoms with Crippen LogP contribution in [0, 0.1) is 29.6 Å². The van der Waals surface area contributed by atoms with Crippen LogP contribution in [0.25, 0.3) is 0 Å². The second-order valence-corrected chi connectivity index (χ2v) is 2.99. The molecule has 0 spiro atoms. The topological polar surface area (TPSA) is 40.9 Å². The molecule has 0 saturated carbocycles. The SMILES string of the molecule is C#CCCCC(C#N)C(=O)CCC. The molecule has 0 radical (unpaired) electrons. The van der Waals surface area contributed by atoms with Gasteiger partial charge in [0.1, 0.15) is 11.7 Å². The van der Waals surface area contributed by atoms with E-state index in [-0.39, 0.29) is 5.78 Å². The van der Waals surface area contributed by atoms with E-state index in [9.17, 15) is 4.79 Å². The second kappa shape index (κ2) is 7.37. The summed E-state index contributed by atoms with van der Waals surface area (Å²) < 4.78 is 0. The number of hydrogen-bond acceptors (Lipinski definition) is 2. The maximum absolute atomic E-state index is 11.3. The second-order valence-electron chi connectivity index (χ2n) is 2.99. The zero-order valence-electron chi connectivity index (χ0n) is 8.05. The Kier molecular flexibility index (Phi) is 6.65. The van der Waals surface area contributed by atoms with Crippen LogP contribution in [0.5, 0.6) is 0 Å². The van der Waals surface area contributed by atoms with Gasteiger partial charge in [0.2, 0.25) is 0 Å². The summed E-state index contributed by atoms with van der Waals surface area (Å²) in [5, 5.41) is 8.70. The van der Waals surface area contributed by atoms with Gasteiger partial charge >= 0.3 is 0 Å². The molecular formula is C11H15NO. The molecule has 0 fully saturated rings. The zero-order chi connectivity index (χ0) is 10.1. The lowest BCUT2D eigenvalue weighted by molar-refractivity contribution is -0.121. The average Bonchev–Trinajstić information content (AvgIpc) is 2.13. The van der Waals surface area contributed by atoms with E-state index >= 15 is 0 Å². The van der Waals surface area contributed by atoms with E-state index in [1.54, 1.807) is 0 Å². The molecule has 1 unspecified atom stereocenters. The van der Waals surface area contributed by atoms with Gasteiger partial charge in [-0.2, -0.15) is 5.26 Å². The highest BCUT2D eigenvalue weighted by Crippen LogP contribution is 2.11. The number of carbonyl (C=O) groups is 1. The van der Waals surface area contributed by atoms with Crippen molar-refractivity contribution in [3.8, 4) is 18.4 Å². The molecular weight excluding hydrogens is 162 g/mol. The fourth-order valence-electron chi connectivity index (χ4n) is 1.13. The Balaban J connectivity index is 3.84. The molecule has 0 aromatic heterocycles. The van der Waals surface area contributed by atoms with Gasteiger partial charge in [-0.15, -0.1) is 12.3 Å². The molecule has 2 heteroatoms. The number of ketones is 1. The third-order valence-corrected chi connectivity index (χ3v) is 1.85. The first kappa shape index (κ1) is 11.7. The van der Waals surface area contributed by atoms with Crippen molar-refractivity contribution in [3.05, 3.63) is 0 Å². The molecule has 0 bridgehead atoms. The molecule has 13 heavy (non-hydrogen) atoms. The number of nitrogens with zero attached hydrogens (tertiary/aromatic N) is 1. The highest BCUT2D eigenvalue weighted by molar-refractivity contribution is 5.83. The minimum Gasteiger partial charge on any atom is -0.298 e. The summed E-state index contributed by atoms with van der Waals surface area (Å²) >= 11 is 0. The maximum atomic E-state index is 11.3. The largest absolute Gasteiger partial charge is 0.298 e. The number of rotatable bonds is 6. The first-order valence-electron chi connectivity index (χ1n) is 4.62. The van der Waals surface area contributed by atoms with Crippen LogP contribution < -0.4 is 0 Å². The number of terminal acetylenes is 1. The first-order chi connectivity index (χ1) is 6.26.